The number of amidine groups is 1. The average Bonchev–Trinajstić information content (AvgIpc) is 2.49. The molecule has 2 aromatic rings. The molecule has 0 bridgehead atoms. The molecule has 2 rings (SSSR count). The number of benzene rings is 2. The average molecular weight is 285 g/mol. The molecule has 0 spiro atoms. The number of hydrogen-bond donors (Lipinski definition) is 1. The van der Waals surface area contributed by atoms with E-state index in [0.29, 0.717) is 6.54 Å². The summed E-state index contributed by atoms with van der Waals surface area (Å²) < 4.78 is 13.0. The third-order valence-electron chi connectivity index (χ3n) is 2.97. The molecule has 0 aromatic heterocycles. The van der Waals surface area contributed by atoms with Crippen molar-refractivity contribution < 1.29 is 4.39 Å². The van der Waals surface area contributed by atoms with E-state index >= 15 is 0 Å². The smallest absolute Gasteiger partial charge is 0.132 e. The Labute approximate surface area is 125 Å². The molecule has 2 aromatic carbocycles. The van der Waals surface area contributed by atoms with Crippen molar-refractivity contribution in [2.75, 3.05) is 32.5 Å². The van der Waals surface area contributed by atoms with Gasteiger partial charge in [0, 0.05) is 17.8 Å². The van der Waals surface area contributed by atoms with Crippen LogP contribution in [-0.2, 0) is 0 Å². The Hall–Kier alpha value is -2.20. The summed E-state index contributed by atoms with van der Waals surface area (Å²) in [5.74, 6) is 0.551. The summed E-state index contributed by atoms with van der Waals surface area (Å²) in [7, 11) is 4.04. The van der Waals surface area contributed by atoms with Gasteiger partial charge in [-0.15, -0.1) is 0 Å². The molecule has 0 amide bonds. The van der Waals surface area contributed by atoms with Crippen LogP contribution >= 0.6 is 0 Å². The molecular formula is C17H20FN3. The van der Waals surface area contributed by atoms with Gasteiger partial charge in [-0.2, -0.15) is 0 Å². The van der Waals surface area contributed by atoms with Gasteiger partial charge in [0.2, 0.25) is 0 Å². The van der Waals surface area contributed by atoms with E-state index in [4.69, 9.17) is 0 Å². The zero-order valence-corrected chi connectivity index (χ0v) is 12.4. The molecule has 4 heteroatoms. The molecule has 110 valence electrons. The Morgan fingerprint density at radius 2 is 1.71 bits per heavy atom. The van der Waals surface area contributed by atoms with E-state index in [1.807, 2.05) is 44.4 Å². The van der Waals surface area contributed by atoms with E-state index in [9.17, 15) is 4.39 Å². The van der Waals surface area contributed by atoms with Crippen LogP contribution in [0.15, 0.2) is 59.6 Å². The van der Waals surface area contributed by atoms with E-state index in [0.717, 1.165) is 23.6 Å². The first-order valence-electron chi connectivity index (χ1n) is 6.92. The number of aliphatic imine (C=N–C) groups is 1. The first kappa shape index (κ1) is 15.2. The summed E-state index contributed by atoms with van der Waals surface area (Å²) in [5.41, 5.74) is 1.84. The molecule has 0 aliphatic carbocycles. The molecule has 0 unspecified atom stereocenters. The minimum atomic E-state index is -0.244. The number of halogens is 1. The quantitative estimate of drug-likeness (QED) is 0.674. The fourth-order valence-corrected chi connectivity index (χ4v) is 1.83. The number of nitrogens with one attached hydrogen (secondary N) is 1. The maximum atomic E-state index is 13.0. The van der Waals surface area contributed by atoms with E-state index in [2.05, 4.69) is 15.2 Å². The summed E-state index contributed by atoms with van der Waals surface area (Å²) >= 11 is 0. The summed E-state index contributed by atoms with van der Waals surface area (Å²) in [4.78, 5) is 6.71. The van der Waals surface area contributed by atoms with Gasteiger partial charge in [0.05, 0.1) is 6.54 Å². The van der Waals surface area contributed by atoms with Crippen LogP contribution in [-0.4, -0.2) is 37.9 Å². The molecule has 0 fully saturated rings. The van der Waals surface area contributed by atoms with Crippen LogP contribution in [0.5, 0.6) is 0 Å². The second kappa shape index (κ2) is 7.55. The number of nitrogens with zero attached hydrogens (tertiary/aromatic N) is 2. The van der Waals surface area contributed by atoms with Crippen molar-refractivity contribution in [1.29, 1.82) is 0 Å². The van der Waals surface area contributed by atoms with Crippen LogP contribution in [0.25, 0.3) is 0 Å². The number of rotatable bonds is 5. The topological polar surface area (TPSA) is 27.6 Å². The maximum absolute atomic E-state index is 13.0. The Balaban J connectivity index is 2.17. The van der Waals surface area contributed by atoms with Crippen LogP contribution < -0.4 is 5.32 Å². The standard InChI is InChI=1S/C17H20FN3/c1-21(2)13-12-19-17(14-6-4-3-5-7-14)20-16-10-8-15(18)9-11-16/h3-11H,12-13H2,1-2H3,(H,19,20). The van der Waals surface area contributed by atoms with Crippen molar-refractivity contribution in [2.24, 2.45) is 4.99 Å². The third-order valence-corrected chi connectivity index (χ3v) is 2.97. The zero-order valence-electron chi connectivity index (χ0n) is 12.4. The van der Waals surface area contributed by atoms with E-state index in [1.165, 1.54) is 12.1 Å². The predicted octanol–water partition coefficient (Wildman–Crippen LogP) is 3.25. The van der Waals surface area contributed by atoms with Crippen molar-refractivity contribution in [1.82, 2.24) is 4.90 Å². The van der Waals surface area contributed by atoms with Gasteiger partial charge < -0.3 is 10.2 Å². The minimum absolute atomic E-state index is 0.244. The van der Waals surface area contributed by atoms with Gasteiger partial charge in [-0.1, -0.05) is 30.3 Å². The Kier molecular flexibility index (Phi) is 5.46. The normalized spacial score (nSPS) is 11.7. The van der Waals surface area contributed by atoms with Gasteiger partial charge in [0.1, 0.15) is 11.7 Å². The van der Waals surface area contributed by atoms with Gasteiger partial charge in [0.15, 0.2) is 0 Å². The van der Waals surface area contributed by atoms with E-state index in [-0.39, 0.29) is 5.82 Å². The molecule has 3 nitrogen and oxygen atoms in total. The van der Waals surface area contributed by atoms with Crippen LogP contribution in [0.2, 0.25) is 0 Å². The molecule has 21 heavy (non-hydrogen) atoms. The molecule has 0 aliphatic rings. The fourth-order valence-electron chi connectivity index (χ4n) is 1.83. The number of anilines is 1. The summed E-state index contributed by atoms with van der Waals surface area (Å²) in [5, 5.41) is 3.26. The molecule has 0 radical (unpaired) electrons. The second-order valence-electron chi connectivity index (χ2n) is 5.03. The Bertz CT molecular complexity index is 577. The number of likely N-dealkylation sites (N-methyl/N-ethyl adjacent to an activating group) is 1. The summed E-state index contributed by atoms with van der Waals surface area (Å²) in [6, 6.07) is 16.2. The van der Waals surface area contributed by atoms with Crippen molar-refractivity contribution in [3.63, 3.8) is 0 Å². The van der Waals surface area contributed by atoms with Crippen molar-refractivity contribution in [2.45, 2.75) is 0 Å². The van der Waals surface area contributed by atoms with Gasteiger partial charge in [-0.3, -0.25) is 4.99 Å². The van der Waals surface area contributed by atoms with Crippen molar-refractivity contribution >= 4 is 11.5 Å². The lowest BCUT2D eigenvalue weighted by molar-refractivity contribution is 0.420. The highest BCUT2D eigenvalue weighted by atomic mass is 19.1. The van der Waals surface area contributed by atoms with Gasteiger partial charge in [-0.25, -0.2) is 4.39 Å². The molecule has 1 N–H and O–H groups in total. The van der Waals surface area contributed by atoms with Crippen LogP contribution in [0.4, 0.5) is 10.1 Å². The molecular weight excluding hydrogens is 265 g/mol. The van der Waals surface area contributed by atoms with Crippen LogP contribution in [0.1, 0.15) is 5.56 Å². The van der Waals surface area contributed by atoms with Gasteiger partial charge >= 0.3 is 0 Å². The molecule has 0 heterocycles. The van der Waals surface area contributed by atoms with E-state index < -0.39 is 0 Å². The highest BCUT2D eigenvalue weighted by Crippen LogP contribution is 2.11. The minimum Gasteiger partial charge on any atom is -0.340 e. The Morgan fingerprint density at radius 3 is 2.33 bits per heavy atom. The first-order valence-corrected chi connectivity index (χ1v) is 6.92. The fraction of sp³-hybridized carbons (Fsp3) is 0.235. The largest absolute Gasteiger partial charge is 0.340 e. The molecule has 0 saturated heterocycles. The van der Waals surface area contributed by atoms with Gasteiger partial charge in [-0.05, 0) is 38.4 Å². The lowest BCUT2D eigenvalue weighted by atomic mass is 10.2. The van der Waals surface area contributed by atoms with Gasteiger partial charge in [0.25, 0.3) is 0 Å². The third kappa shape index (κ3) is 5.00. The maximum Gasteiger partial charge on any atom is 0.132 e. The molecule has 0 atom stereocenters. The number of hydrogen-bond acceptors (Lipinski definition) is 2. The lowest BCUT2D eigenvalue weighted by Gasteiger charge is -2.12. The zero-order chi connectivity index (χ0) is 15.1. The van der Waals surface area contributed by atoms with E-state index in [1.54, 1.807) is 12.1 Å². The predicted molar refractivity (Wildman–Crippen MR) is 86.4 cm³/mol. The molecule has 0 saturated carbocycles. The first-order chi connectivity index (χ1) is 10.1. The SMILES string of the molecule is CN(C)CCN=C(Nc1ccc(F)cc1)c1ccccc1. The lowest BCUT2D eigenvalue weighted by Crippen LogP contribution is -2.19. The summed E-state index contributed by atoms with van der Waals surface area (Å²) in [6.07, 6.45) is 0. The highest BCUT2D eigenvalue weighted by Gasteiger charge is 2.04. The van der Waals surface area contributed by atoms with Crippen molar-refractivity contribution in [3.05, 3.63) is 66.0 Å². The summed E-state index contributed by atoms with van der Waals surface area (Å²) in [6.45, 7) is 1.58. The second-order valence-corrected chi connectivity index (χ2v) is 5.03. The van der Waals surface area contributed by atoms with Crippen LogP contribution in [0, 0.1) is 5.82 Å². The monoisotopic (exact) mass is 285 g/mol. The molecule has 0 aliphatic heterocycles. The van der Waals surface area contributed by atoms with Crippen LogP contribution in [0.3, 0.4) is 0 Å². The van der Waals surface area contributed by atoms with Crippen molar-refractivity contribution in [3.8, 4) is 0 Å². The Morgan fingerprint density at radius 1 is 1.05 bits per heavy atom. The highest BCUT2D eigenvalue weighted by molar-refractivity contribution is 6.08.